The van der Waals surface area contributed by atoms with Gasteiger partial charge in [0.05, 0.1) is 6.04 Å². The fourth-order valence-corrected chi connectivity index (χ4v) is 3.36. The maximum atomic E-state index is 3.57. The van der Waals surface area contributed by atoms with Gasteiger partial charge in [0.15, 0.2) is 0 Å². The number of aryl methyl sites for hydroxylation is 1. The number of benzene rings is 1. The fraction of sp³-hybridized carbons (Fsp3) is 0.375. The summed E-state index contributed by atoms with van der Waals surface area (Å²) in [7, 11) is 4.27. The summed E-state index contributed by atoms with van der Waals surface area (Å²) in [4.78, 5) is 3.68. The Hall–Kier alpha value is -0.680. The normalized spacial score (nSPS) is 12.8. The summed E-state index contributed by atoms with van der Waals surface area (Å²) in [5.41, 5.74) is 2.61. The molecule has 1 aromatic heterocycles. The number of hydrogen-bond acceptors (Lipinski definition) is 3. The zero-order valence-corrected chi connectivity index (χ0v) is 14.6. The van der Waals surface area contributed by atoms with E-state index in [0.717, 1.165) is 13.1 Å². The number of likely N-dealkylation sites (N-methyl/N-ethyl adjacent to an activating group) is 1. The van der Waals surface area contributed by atoms with Gasteiger partial charge in [0.25, 0.3) is 0 Å². The predicted molar refractivity (Wildman–Crippen MR) is 91.3 cm³/mol. The summed E-state index contributed by atoms with van der Waals surface area (Å²) in [6.45, 7) is 3.99. The topological polar surface area (TPSA) is 15.3 Å². The molecule has 0 spiro atoms. The molecule has 2 rings (SSSR count). The van der Waals surface area contributed by atoms with Crippen molar-refractivity contribution in [1.82, 2.24) is 10.2 Å². The highest BCUT2D eigenvalue weighted by Gasteiger charge is 2.14. The van der Waals surface area contributed by atoms with Crippen molar-refractivity contribution < 1.29 is 0 Å². The average Bonchev–Trinajstić information content (AvgIpc) is 2.92. The van der Waals surface area contributed by atoms with Crippen molar-refractivity contribution >= 4 is 27.3 Å². The average molecular weight is 353 g/mol. The number of nitrogens with zero attached hydrogens (tertiary/aromatic N) is 1. The fourth-order valence-electron chi connectivity index (χ4n) is 2.19. The molecule has 2 aromatic rings. The number of nitrogens with one attached hydrogen (secondary N) is 1. The Bertz CT molecular complexity index is 537. The number of halogens is 1. The number of hydrogen-bond donors (Lipinski definition) is 1. The first-order chi connectivity index (χ1) is 9.58. The summed E-state index contributed by atoms with van der Waals surface area (Å²) in [6, 6.07) is 11.3. The van der Waals surface area contributed by atoms with Crippen LogP contribution < -0.4 is 5.32 Å². The molecule has 108 valence electrons. The summed E-state index contributed by atoms with van der Waals surface area (Å²) in [5, 5.41) is 5.71. The van der Waals surface area contributed by atoms with Gasteiger partial charge in [0.1, 0.15) is 0 Å². The minimum Gasteiger partial charge on any atom is -0.311 e. The molecule has 1 aromatic carbocycles. The molecule has 0 aliphatic carbocycles. The molecule has 0 saturated heterocycles. The second-order valence-corrected chi connectivity index (χ2v) is 7.04. The van der Waals surface area contributed by atoms with Crippen LogP contribution >= 0.6 is 27.3 Å². The molecular formula is C16H21BrN2S. The molecule has 0 aliphatic rings. The molecule has 1 atom stereocenters. The molecule has 1 N–H and O–H groups in total. The Morgan fingerprint density at radius 3 is 2.70 bits per heavy atom. The molecule has 1 unspecified atom stereocenters. The zero-order chi connectivity index (χ0) is 14.5. The van der Waals surface area contributed by atoms with Gasteiger partial charge in [-0.25, -0.2) is 0 Å². The molecule has 1 heterocycles. The van der Waals surface area contributed by atoms with Gasteiger partial charge in [-0.2, -0.15) is 0 Å². The van der Waals surface area contributed by atoms with Gasteiger partial charge in [-0.15, -0.1) is 11.3 Å². The van der Waals surface area contributed by atoms with Crippen LogP contribution in [0.2, 0.25) is 0 Å². The molecule has 2 nitrogen and oxygen atoms in total. The Balaban J connectivity index is 1.92. The lowest BCUT2D eigenvalue weighted by Gasteiger charge is -2.23. The van der Waals surface area contributed by atoms with Crippen LogP contribution in [-0.2, 0) is 6.54 Å². The van der Waals surface area contributed by atoms with E-state index in [9.17, 15) is 0 Å². The van der Waals surface area contributed by atoms with E-state index < -0.39 is 0 Å². The minimum atomic E-state index is 0.437. The summed E-state index contributed by atoms with van der Waals surface area (Å²) in [5.74, 6) is 0. The van der Waals surface area contributed by atoms with E-state index in [0.29, 0.717) is 6.04 Å². The smallest absolute Gasteiger partial charge is 0.0561 e. The van der Waals surface area contributed by atoms with Gasteiger partial charge in [-0.3, -0.25) is 0 Å². The number of rotatable bonds is 6. The van der Waals surface area contributed by atoms with E-state index >= 15 is 0 Å². The highest BCUT2D eigenvalue weighted by Crippen LogP contribution is 2.22. The van der Waals surface area contributed by atoms with Crippen molar-refractivity contribution in [3.05, 3.63) is 56.2 Å². The van der Waals surface area contributed by atoms with Gasteiger partial charge in [-0.05, 0) is 49.7 Å². The SMILES string of the molecule is Cc1cc(CNCC(c2cccs2)N(C)C)ccc1Br. The van der Waals surface area contributed by atoms with Crippen molar-refractivity contribution in [3.63, 3.8) is 0 Å². The van der Waals surface area contributed by atoms with E-state index in [4.69, 9.17) is 0 Å². The lowest BCUT2D eigenvalue weighted by Crippen LogP contribution is -2.30. The first-order valence-electron chi connectivity index (χ1n) is 6.73. The van der Waals surface area contributed by atoms with Crippen LogP contribution in [0.1, 0.15) is 22.0 Å². The molecule has 0 fully saturated rings. The van der Waals surface area contributed by atoms with Gasteiger partial charge >= 0.3 is 0 Å². The maximum Gasteiger partial charge on any atom is 0.0561 e. The standard InChI is InChI=1S/C16H21BrN2S/c1-12-9-13(6-7-14(12)17)10-18-11-15(19(2)3)16-5-4-8-20-16/h4-9,15,18H,10-11H2,1-3H3. The summed E-state index contributed by atoms with van der Waals surface area (Å²) < 4.78 is 1.17. The predicted octanol–water partition coefficient (Wildman–Crippen LogP) is 4.21. The van der Waals surface area contributed by atoms with Crippen LogP contribution in [0.25, 0.3) is 0 Å². The Morgan fingerprint density at radius 2 is 2.10 bits per heavy atom. The summed E-state index contributed by atoms with van der Waals surface area (Å²) in [6.07, 6.45) is 0. The third-order valence-corrected chi connectivity index (χ3v) is 5.25. The Morgan fingerprint density at radius 1 is 1.30 bits per heavy atom. The second-order valence-electron chi connectivity index (χ2n) is 5.21. The third kappa shape index (κ3) is 4.16. The largest absolute Gasteiger partial charge is 0.311 e. The van der Waals surface area contributed by atoms with Crippen molar-refractivity contribution in [2.45, 2.75) is 19.5 Å². The second kappa shape index (κ2) is 7.36. The highest BCUT2D eigenvalue weighted by molar-refractivity contribution is 9.10. The van der Waals surface area contributed by atoms with Crippen LogP contribution in [0.5, 0.6) is 0 Å². The molecule has 20 heavy (non-hydrogen) atoms. The van der Waals surface area contributed by atoms with E-state index in [-0.39, 0.29) is 0 Å². The molecule has 4 heteroatoms. The van der Waals surface area contributed by atoms with Crippen molar-refractivity contribution in [2.75, 3.05) is 20.6 Å². The molecular weight excluding hydrogens is 332 g/mol. The lowest BCUT2D eigenvalue weighted by molar-refractivity contribution is 0.292. The molecule has 0 saturated carbocycles. The van der Waals surface area contributed by atoms with Crippen molar-refractivity contribution in [3.8, 4) is 0 Å². The monoisotopic (exact) mass is 352 g/mol. The number of thiophene rings is 1. The maximum absolute atomic E-state index is 3.57. The van der Waals surface area contributed by atoms with Gasteiger partial charge < -0.3 is 10.2 Å². The molecule has 0 bridgehead atoms. The van der Waals surface area contributed by atoms with Gasteiger partial charge in [0, 0.05) is 22.4 Å². The molecule has 0 radical (unpaired) electrons. The Kier molecular flexibility index (Phi) is 5.78. The Labute approximate surface area is 133 Å². The van der Waals surface area contributed by atoms with Crippen LogP contribution in [0.4, 0.5) is 0 Å². The van der Waals surface area contributed by atoms with Crippen LogP contribution in [0, 0.1) is 6.92 Å². The van der Waals surface area contributed by atoms with Gasteiger partial charge in [-0.1, -0.05) is 34.1 Å². The highest BCUT2D eigenvalue weighted by atomic mass is 79.9. The first kappa shape index (κ1) is 15.7. The quantitative estimate of drug-likeness (QED) is 0.837. The van der Waals surface area contributed by atoms with E-state index in [1.807, 2.05) is 11.3 Å². The van der Waals surface area contributed by atoms with Crippen molar-refractivity contribution in [2.24, 2.45) is 0 Å². The van der Waals surface area contributed by atoms with Gasteiger partial charge in [0.2, 0.25) is 0 Å². The van der Waals surface area contributed by atoms with E-state index in [1.54, 1.807) is 0 Å². The summed E-state index contributed by atoms with van der Waals surface area (Å²) >= 11 is 5.36. The molecule has 0 aliphatic heterocycles. The van der Waals surface area contributed by atoms with Crippen LogP contribution in [0.3, 0.4) is 0 Å². The van der Waals surface area contributed by atoms with Crippen molar-refractivity contribution in [1.29, 1.82) is 0 Å². The lowest BCUT2D eigenvalue weighted by atomic mass is 10.1. The van der Waals surface area contributed by atoms with Crippen LogP contribution in [-0.4, -0.2) is 25.5 Å². The minimum absolute atomic E-state index is 0.437. The third-order valence-electron chi connectivity index (χ3n) is 3.38. The van der Waals surface area contributed by atoms with E-state index in [2.05, 4.69) is 82.9 Å². The van der Waals surface area contributed by atoms with Crippen LogP contribution in [0.15, 0.2) is 40.2 Å². The zero-order valence-electron chi connectivity index (χ0n) is 12.2. The first-order valence-corrected chi connectivity index (χ1v) is 8.41. The van der Waals surface area contributed by atoms with E-state index in [1.165, 1.54) is 20.5 Å². The molecule has 0 amide bonds.